The summed E-state index contributed by atoms with van der Waals surface area (Å²) in [5, 5.41) is 2.59. The van der Waals surface area contributed by atoms with Crippen LogP contribution in [0.25, 0.3) is 0 Å². The van der Waals surface area contributed by atoms with Crippen LogP contribution >= 0.6 is 11.6 Å². The van der Waals surface area contributed by atoms with Crippen LogP contribution in [0.1, 0.15) is 11.3 Å². The number of aromatic nitrogens is 2. The maximum atomic E-state index is 13.0. The van der Waals surface area contributed by atoms with Crippen molar-refractivity contribution < 1.29 is 13.2 Å². The summed E-state index contributed by atoms with van der Waals surface area (Å²) in [5.41, 5.74) is 0.125. The van der Waals surface area contributed by atoms with E-state index >= 15 is 0 Å². The smallest absolute Gasteiger partial charge is 0.340 e. The number of hydrogen-bond acceptors (Lipinski definition) is 5. The van der Waals surface area contributed by atoms with Gasteiger partial charge >= 0.3 is 6.18 Å². The van der Waals surface area contributed by atoms with E-state index in [2.05, 4.69) is 32.1 Å². The Hall–Kier alpha value is -2.06. The van der Waals surface area contributed by atoms with Crippen molar-refractivity contribution in [3.05, 3.63) is 40.5 Å². The van der Waals surface area contributed by atoms with E-state index in [1.54, 1.807) is 6.07 Å². The summed E-state index contributed by atoms with van der Waals surface area (Å²) >= 11 is 5.66. The fraction of sp³-hybridized carbons (Fsp3) is 0.412. The summed E-state index contributed by atoms with van der Waals surface area (Å²) in [7, 11) is 2.06. The first kappa shape index (κ1) is 18.7. The molecule has 2 aromatic rings. The number of piperazine rings is 1. The highest BCUT2D eigenvalue weighted by Crippen LogP contribution is 2.36. The molecule has 1 aromatic carbocycles. The van der Waals surface area contributed by atoms with E-state index in [0.29, 0.717) is 11.8 Å². The highest BCUT2D eigenvalue weighted by Gasteiger charge is 2.33. The standard InChI is InChI=1S/C17H19ClF3N5/c1-11-9-15(24-16(22-11)26-7-5-25(2)6-8-26)23-12-3-4-14(18)13(10-12)17(19,20)21/h3-4,9-10H,5-8H2,1-2H3,(H,22,23,24). The Balaban J connectivity index is 1.84. The SMILES string of the molecule is Cc1cc(Nc2ccc(Cl)c(C(F)(F)F)c2)nc(N2CCN(C)CC2)n1. The van der Waals surface area contributed by atoms with Gasteiger partial charge in [0.15, 0.2) is 0 Å². The van der Waals surface area contributed by atoms with Crippen molar-refractivity contribution in [3.8, 4) is 0 Å². The van der Waals surface area contributed by atoms with Crippen molar-refractivity contribution in [2.75, 3.05) is 43.4 Å². The molecule has 0 aliphatic carbocycles. The van der Waals surface area contributed by atoms with Crippen molar-refractivity contribution in [1.82, 2.24) is 14.9 Å². The second-order valence-electron chi connectivity index (χ2n) is 6.30. The Morgan fingerprint density at radius 2 is 1.77 bits per heavy atom. The van der Waals surface area contributed by atoms with Gasteiger partial charge in [-0.25, -0.2) is 4.98 Å². The van der Waals surface area contributed by atoms with E-state index in [-0.39, 0.29) is 10.7 Å². The van der Waals surface area contributed by atoms with Crippen LogP contribution in [0.5, 0.6) is 0 Å². The number of benzene rings is 1. The number of anilines is 3. The first-order valence-corrected chi connectivity index (χ1v) is 8.53. The van der Waals surface area contributed by atoms with Crippen LogP contribution in [0, 0.1) is 6.92 Å². The van der Waals surface area contributed by atoms with Gasteiger partial charge in [0.2, 0.25) is 5.95 Å². The number of alkyl halides is 3. The molecule has 1 saturated heterocycles. The van der Waals surface area contributed by atoms with Crippen LogP contribution in [0.3, 0.4) is 0 Å². The third kappa shape index (κ3) is 4.37. The lowest BCUT2D eigenvalue weighted by atomic mass is 10.2. The van der Waals surface area contributed by atoms with Crippen LogP contribution in [0.2, 0.25) is 5.02 Å². The minimum atomic E-state index is -4.51. The minimum Gasteiger partial charge on any atom is -0.340 e. The van der Waals surface area contributed by atoms with Gasteiger partial charge in [-0.1, -0.05) is 11.6 Å². The molecule has 3 rings (SSSR count). The lowest BCUT2D eigenvalue weighted by molar-refractivity contribution is -0.137. The fourth-order valence-electron chi connectivity index (χ4n) is 2.73. The van der Waals surface area contributed by atoms with Crippen LogP contribution in [-0.4, -0.2) is 48.1 Å². The fourth-order valence-corrected chi connectivity index (χ4v) is 2.96. The monoisotopic (exact) mass is 385 g/mol. The van der Waals surface area contributed by atoms with Gasteiger partial charge < -0.3 is 15.1 Å². The van der Waals surface area contributed by atoms with Crippen molar-refractivity contribution in [3.63, 3.8) is 0 Å². The van der Waals surface area contributed by atoms with E-state index < -0.39 is 11.7 Å². The maximum Gasteiger partial charge on any atom is 0.417 e. The predicted octanol–water partition coefficient (Wildman–Crippen LogP) is 3.95. The quantitative estimate of drug-likeness (QED) is 0.866. The molecular weight excluding hydrogens is 367 g/mol. The van der Waals surface area contributed by atoms with Crippen LogP contribution < -0.4 is 10.2 Å². The summed E-state index contributed by atoms with van der Waals surface area (Å²) in [6.45, 7) is 5.25. The maximum absolute atomic E-state index is 13.0. The average Bonchev–Trinajstić information content (AvgIpc) is 2.56. The molecular formula is C17H19ClF3N5. The number of nitrogens with zero attached hydrogens (tertiary/aromatic N) is 4. The molecule has 0 amide bonds. The third-order valence-electron chi connectivity index (χ3n) is 4.17. The van der Waals surface area contributed by atoms with Gasteiger partial charge in [-0.3, -0.25) is 0 Å². The minimum absolute atomic E-state index is 0.268. The van der Waals surface area contributed by atoms with Gasteiger partial charge in [0.25, 0.3) is 0 Å². The molecule has 0 saturated carbocycles. The summed E-state index contributed by atoms with van der Waals surface area (Å²) in [6.07, 6.45) is -4.51. The van der Waals surface area contributed by atoms with E-state index in [4.69, 9.17) is 11.6 Å². The normalized spacial score (nSPS) is 16.0. The molecule has 0 bridgehead atoms. The average molecular weight is 386 g/mol. The van der Waals surface area contributed by atoms with Gasteiger partial charge in [-0.15, -0.1) is 0 Å². The molecule has 0 atom stereocenters. The summed E-state index contributed by atoms with van der Waals surface area (Å²) < 4.78 is 39.1. The predicted molar refractivity (Wildman–Crippen MR) is 96.2 cm³/mol. The number of aryl methyl sites for hydroxylation is 1. The topological polar surface area (TPSA) is 44.3 Å². The number of nitrogens with one attached hydrogen (secondary N) is 1. The first-order valence-electron chi connectivity index (χ1n) is 8.15. The summed E-state index contributed by atoms with van der Waals surface area (Å²) in [4.78, 5) is 13.2. The third-order valence-corrected chi connectivity index (χ3v) is 4.50. The van der Waals surface area contributed by atoms with Gasteiger partial charge in [-0.05, 0) is 32.2 Å². The number of rotatable bonds is 3. The van der Waals surface area contributed by atoms with Crippen LogP contribution in [-0.2, 0) is 6.18 Å². The zero-order valence-corrected chi connectivity index (χ0v) is 15.2. The molecule has 1 aliphatic heterocycles. The van der Waals surface area contributed by atoms with Gasteiger partial charge in [0.05, 0.1) is 10.6 Å². The van der Waals surface area contributed by atoms with Crippen LogP contribution in [0.15, 0.2) is 24.3 Å². The zero-order valence-electron chi connectivity index (χ0n) is 14.4. The largest absolute Gasteiger partial charge is 0.417 e. The Labute approximate surface area is 154 Å². The second kappa shape index (κ2) is 7.28. The molecule has 140 valence electrons. The second-order valence-corrected chi connectivity index (χ2v) is 6.71. The molecule has 1 aliphatic rings. The molecule has 9 heteroatoms. The highest BCUT2D eigenvalue weighted by atomic mass is 35.5. The summed E-state index contributed by atoms with van der Waals surface area (Å²) in [6, 6.07) is 5.39. The van der Waals surface area contributed by atoms with Crippen LogP contribution in [0.4, 0.5) is 30.6 Å². The van der Waals surface area contributed by atoms with Crippen molar-refractivity contribution in [2.45, 2.75) is 13.1 Å². The molecule has 0 spiro atoms. The van der Waals surface area contributed by atoms with Gasteiger partial charge in [-0.2, -0.15) is 18.2 Å². The highest BCUT2D eigenvalue weighted by molar-refractivity contribution is 6.31. The number of likely N-dealkylation sites (N-methyl/N-ethyl adjacent to an activating group) is 1. The molecule has 2 heterocycles. The number of halogens is 4. The molecule has 1 N–H and O–H groups in total. The summed E-state index contributed by atoms with van der Waals surface area (Å²) in [5.74, 6) is 1.02. The first-order chi connectivity index (χ1) is 12.2. The molecule has 1 aromatic heterocycles. The Morgan fingerprint density at radius 3 is 2.42 bits per heavy atom. The van der Waals surface area contributed by atoms with E-state index in [0.717, 1.165) is 37.9 Å². The Bertz CT molecular complexity index is 788. The van der Waals surface area contributed by atoms with Crippen molar-refractivity contribution in [1.29, 1.82) is 0 Å². The van der Waals surface area contributed by atoms with Crippen molar-refractivity contribution >= 4 is 29.1 Å². The molecule has 5 nitrogen and oxygen atoms in total. The van der Waals surface area contributed by atoms with E-state index in [1.165, 1.54) is 12.1 Å². The molecule has 26 heavy (non-hydrogen) atoms. The lowest BCUT2D eigenvalue weighted by Crippen LogP contribution is -2.45. The van der Waals surface area contributed by atoms with E-state index in [9.17, 15) is 13.2 Å². The Kier molecular flexibility index (Phi) is 5.24. The van der Waals surface area contributed by atoms with E-state index in [1.807, 2.05) is 6.92 Å². The Morgan fingerprint density at radius 1 is 1.08 bits per heavy atom. The van der Waals surface area contributed by atoms with Gasteiger partial charge in [0.1, 0.15) is 5.82 Å². The lowest BCUT2D eigenvalue weighted by Gasteiger charge is -2.32. The number of hydrogen-bond donors (Lipinski definition) is 1. The molecule has 1 fully saturated rings. The van der Waals surface area contributed by atoms with Crippen molar-refractivity contribution in [2.24, 2.45) is 0 Å². The molecule has 0 unspecified atom stereocenters. The zero-order chi connectivity index (χ0) is 18.9. The van der Waals surface area contributed by atoms with Gasteiger partial charge in [0, 0.05) is 43.6 Å². The molecule has 0 radical (unpaired) electrons.